The summed E-state index contributed by atoms with van der Waals surface area (Å²) < 4.78 is 35.9. The highest BCUT2D eigenvalue weighted by atomic mass is 79.9. The molecule has 0 heterocycles. The third-order valence-corrected chi connectivity index (χ3v) is 5.33. The van der Waals surface area contributed by atoms with Gasteiger partial charge in [0.2, 0.25) is 0 Å². The molecule has 4 nitrogen and oxygen atoms in total. The first-order chi connectivity index (χ1) is 10.7. The zero-order valence-electron chi connectivity index (χ0n) is 13.2. The van der Waals surface area contributed by atoms with Crippen LogP contribution in [-0.2, 0) is 19.7 Å². The van der Waals surface area contributed by atoms with Gasteiger partial charge >= 0.3 is 0 Å². The number of ether oxygens (including phenoxy) is 1. The second kappa shape index (κ2) is 7.03. The molecule has 0 aromatic heterocycles. The quantitative estimate of drug-likeness (QED) is 0.686. The Morgan fingerprint density at radius 1 is 1.09 bits per heavy atom. The van der Waals surface area contributed by atoms with E-state index in [9.17, 15) is 8.42 Å². The summed E-state index contributed by atoms with van der Waals surface area (Å²) in [7, 11) is -2.19. The molecular formula is C17H19BrO4S. The Kier molecular flexibility index (Phi) is 5.49. The van der Waals surface area contributed by atoms with Gasteiger partial charge in [-0.3, -0.25) is 4.18 Å². The highest BCUT2D eigenvalue weighted by molar-refractivity contribution is 9.10. The topological polar surface area (TPSA) is 52.6 Å². The monoisotopic (exact) mass is 398 g/mol. The van der Waals surface area contributed by atoms with Crippen molar-refractivity contribution in [2.24, 2.45) is 0 Å². The van der Waals surface area contributed by atoms with Gasteiger partial charge in [-0.1, -0.05) is 41.9 Å². The highest BCUT2D eigenvalue weighted by Gasteiger charge is 2.26. The van der Waals surface area contributed by atoms with Gasteiger partial charge in [0.1, 0.15) is 5.75 Å². The lowest BCUT2D eigenvalue weighted by Crippen LogP contribution is -2.26. The molecule has 0 amide bonds. The molecule has 0 spiro atoms. The lowest BCUT2D eigenvalue weighted by Gasteiger charge is -2.25. The Morgan fingerprint density at radius 2 is 1.74 bits per heavy atom. The maximum Gasteiger partial charge on any atom is 0.297 e. The molecule has 0 aliphatic rings. The van der Waals surface area contributed by atoms with E-state index < -0.39 is 15.5 Å². The molecule has 124 valence electrons. The molecule has 0 aliphatic carbocycles. The van der Waals surface area contributed by atoms with Crippen molar-refractivity contribution < 1.29 is 17.3 Å². The number of hydrogen-bond acceptors (Lipinski definition) is 4. The smallest absolute Gasteiger partial charge is 0.297 e. The van der Waals surface area contributed by atoms with Crippen molar-refractivity contribution in [3.63, 3.8) is 0 Å². The second-order valence-electron chi connectivity index (χ2n) is 5.79. The molecule has 2 aromatic rings. The van der Waals surface area contributed by atoms with Crippen LogP contribution < -0.4 is 4.74 Å². The van der Waals surface area contributed by atoms with Gasteiger partial charge in [-0.25, -0.2) is 0 Å². The van der Waals surface area contributed by atoms with Gasteiger partial charge in [-0.2, -0.15) is 8.42 Å². The maximum atomic E-state index is 12.3. The molecule has 0 saturated carbocycles. The third-order valence-electron chi connectivity index (χ3n) is 3.53. The first kappa shape index (κ1) is 18.0. The summed E-state index contributed by atoms with van der Waals surface area (Å²) in [6.07, 6.45) is 0. The van der Waals surface area contributed by atoms with E-state index in [1.165, 1.54) is 12.1 Å². The molecule has 2 aromatic carbocycles. The minimum atomic E-state index is -3.79. The number of hydrogen-bond donors (Lipinski definition) is 0. The van der Waals surface area contributed by atoms with Crippen LogP contribution in [0.3, 0.4) is 0 Å². The summed E-state index contributed by atoms with van der Waals surface area (Å²) in [5.74, 6) is 0.728. The first-order valence-corrected chi connectivity index (χ1v) is 9.24. The second-order valence-corrected chi connectivity index (χ2v) is 8.32. The van der Waals surface area contributed by atoms with Crippen LogP contribution in [-0.4, -0.2) is 22.1 Å². The molecule has 0 saturated heterocycles. The minimum absolute atomic E-state index is 0.0402. The third kappa shape index (κ3) is 4.56. The average Bonchev–Trinajstić information content (AvgIpc) is 2.54. The van der Waals surface area contributed by atoms with Crippen LogP contribution in [0, 0.1) is 0 Å². The SMILES string of the molecule is COc1cccc(C(C)(C)COS(=O)(=O)c2ccc(Br)cc2)c1. The van der Waals surface area contributed by atoms with Gasteiger partial charge in [0.25, 0.3) is 10.1 Å². The van der Waals surface area contributed by atoms with Crippen LogP contribution >= 0.6 is 15.9 Å². The predicted molar refractivity (Wildman–Crippen MR) is 93.3 cm³/mol. The van der Waals surface area contributed by atoms with Crippen molar-refractivity contribution in [1.29, 1.82) is 0 Å². The molecule has 0 aliphatic heterocycles. The van der Waals surface area contributed by atoms with Gasteiger partial charge in [-0.05, 0) is 42.0 Å². The molecule has 0 bridgehead atoms. The van der Waals surface area contributed by atoms with E-state index in [-0.39, 0.29) is 11.5 Å². The Balaban J connectivity index is 2.15. The highest BCUT2D eigenvalue weighted by Crippen LogP contribution is 2.28. The van der Waals surface area contributed by atoms with Crippen LogP contribution in [0.25, 0.3) is 0 Å². The summed E-state index contributed by atoms with van der Waals surface area (Å²) >= 11 is 3.28. The van der Waals surface area contributed by atoms with E-state index in [0.717, 1.165) is 15.8 Å². The van der Waals surface area contributed by atoms with Crippen molar-refractivity contribution in [1.82, 2.24) is 0 Å². The van der Waals surface area contributed by atoms with Crippen LogP contribution in [0.5, 0.6) is 5.75 Å². The first-order valence-electron chi connectivity index (χ1n) is 7.04. The molecule has 0 unspecified atom stereocenters. The largest absolute Gasteiger partial charge is 0.497 e. The van der Waals surface area contributed by atoms with Crippen molar-refractivity contribution in [3.8, 4) is 5.75 Å². The fourth-order valence-corrected chi connectivity index (χ4v) is 3.34. The molecule has 2 rings (SSSR count). The predicted octanol–water partition coefficient (Wildman–Crippen LogP) is 4.14. The Morgan fingerprint density at radius 3 is 2.35 bits per heavy atom. The Hall–Kier alpha value is -1.37. The van der Waals surface area contributed by atoms with E-state index in [1.54, 1.807) is 19.2 Å². The van der Waals surface area contributed by atoms with E-state index in [4.69, 9.17) is 8.92 Å². The molecule has 0 atom stereocenters. The number of rotatable bonds is 6. The molecular weight excluding hydrogens is 380 g/mol. The lowest BCUT2D eigenvalue weighted by molar-refractivity contribution is 0.245. The fraction of sp³-hybridized carbons (Fsp3) is 0.294. The number of benzene rings is 2. The zero-order valence-corrected chi connectivity index (χ0v) is 15.6. The summed E-state index contributed by atoms with van der Waals surface area (Å²) in [6, 6.07) is 13.9. The average molecular weight is 399 g/mol. The molecule has 0 radical (unpaired) electrons. The molecule has 23 heavy (non-hydrogen) atoms. The summed E-state index contributed by atoms with van der Waals surface area (Å²) in [5.41, 5.74) is 0.472. The summed E-state index contributed by atoms with van der Waals surface area (Å²) in [5, 5.41) is 0. The van der Waals surface area contributed by atoms with E-state index in [2.05, 4.69) is 15.9 Å². The molecule has 0 fully saturated rings. The van der Waals surface area contributed by atoms with Gasteiger partial charge in [0.15, 0.2) is 0 Å². The standard InChI is InChI=1S/C17H19BrO4S/c1-17(2,13-5-4-6-15(11-13)21-3)12-22-23(19,20)16-9-7-14(18)8-10-16/h4-11H,12H2,1-3H3. The molecule has 0 N–H and O–H groups in total. The lowest BCUT2D eigenvalue weighted by atomic mass is 9.85. The van der Waals surface area contributed by atoms with Gasteiger partial charge in [-0.15, -0.1) is 0 Å². The Bertz CT molecular complexity index is 767. The zero-order chi connectivity index (χ0) is 17.1. The van der Waals surface area contributed by atoms with Crippen molar-refractivity contribution in [2.45, 2.75) is 24.2 Å². The fourth-order valence-electron chi connectivity index (χ4n) is 2.02. The van der Waals surface area contributed by atoms with Crippen LogP contribution in [0.1, 0.15) is 19.4 Å². The van der Waals surface area contributed by atoms with Crippen LogP contribution in [0.15, 0.2) is 57.9 Å². The van der Waals surface area contributed by atoms with E-state index in [1.807, 2.05) is 38.1 Å². The summed E-state index contributed by atoms with van der Waals surface area (Å²) in [6.45, 7) is 3.90. The van der Waals surface area contributed by atoms with Crippen LogP contribution in [0.4, 0.5) is 0 Å². The van der Waals surface area contributed by atoms with Crippen LogP contribution in [0.2, 0.25) is 0 Å². The van der Waals surface area contributed by atoms with Gasteiger partial charge in [0, 0.05) is 9.89 Å². The summed E-state index contributed by atoms with van der Waals surface area (Å²) in [4.78, 5) is 0.141. The number of methoxy groups -OCH3 is 1. The maximum absolute atomic E-state index is 12.3. The van der Waals surface area contributed by atoms with Crippen molar-refractivity contribution in [3.05, 3.63) is 58.6 Å². The van der Waals surface area contributed by atoms with Gasteiger partial charge in [0.05, 0.1) is 18.6 Å². The van der Waals surface area contributed by atoms with E-state index in [0.29, 0.717) is 0 Å². The van der Waals surface area contributed by atoms with Crippen molar-refractivity contribution >= 4 is 26.0 Å². The van der Waals surface area contributed by atoms with Crippen molar-refractivity contribution in [2.75, 3.05) is 13.7 Å². The normalized spacial score (nSPS) is 12.2. The van der Waals surface area contributed by atoms with Gasteiger partial charge < -0.3 is 4.74 Å². The Labute approximate surface area is 145 Å². The molecule has 6 heteroatoms. The van der Waals surface area contributed by atoms with E-state index >= 15 is 0 Å². The number of halogens is 1. The minimum Gasteiger partial charge on any atom is -0.497 e.